The second kappa shape index (κ2) is 11.2. The zero-order valence-electron chi connectivity index (χ0n) is 13.6. The maximum Gasteiger partial charge on any atom is 0.226 e. The van der Waals surface area contributed by atoms with E-state index in [2.05, 4.69) is 34.4 Å². The van der Waals surface area contributed by atoms with Gasteiger partial charge in [-0.05, 0) is 12.8 Å². The number of nitrogens with zero attached hydrogens (tertiary/aromatic N) is 2. The van der Waals surface area contributed by atoms with Crippen molar-refractivity contribution in [1.82, 2.24) is 9.97 Å². The number of rotatable bonds is 12. The van der Waals surface area contributed by atoms with Gasteiger partial charge in [0.05, 0.1) is 0 Å². The Hall–Kier alpha value is -1.52. The first-order valence-electron chi connectivity index (χ1n) is 8.38. The number of aromatic nitrogens is 2. The molecule has 0 fully saturated rings. The molecule has 0 atom stereocenters. The molecular weight excluding hydrogens is 262 g/mol. The fourth-order valence-electron chi connectivity index (χ4n) is 2.16. The van der Waals surface area contributed by atoms with E-state index >= 15 is 0 Å². The van der Waals surface area contributed by atoms with Crippen molar-refractivity contribution in [3.63, 3.8) is 0 Å². The average Bonchev–Trinajstić information content (AvgIpc) is 2.46. The molecule has 0 aliphatic rings. The molecule has 0 radical (unpaired) electrons. The first kappa shape index (κ1) is 17.5. The zero-order valence-corrected chi connectivity index (χ0v) is 13.6. The van der Waals surface area contributed by atoms with Crippen LogP contribution in [-0.2, 0) is 0 Å². The van der Waals surface area contributed by atoms with Crippen molar-refractivity contribution in [1.29, 1.82) is 0 Å². The number of hydrogen-bond acceptors (Lipinski definition) is 5. The van der Waals surface area contributed by atoms with Crippen LogP contribution in [0.4, 0.5) is 17.6 Å². The number of nitrogens with two attached hydrogens (primary N) is 1. The average molecular weight is 293 g/mol. The molecule has 21 heavy (non-hydrogen) atoms. The minimum Gasteiger partial charge on any atom is -0.383 e. The smallest absolute Gasteiger partial charge is 0.226 e. The Labute approximate surface area is 129 Å². The Kier molecular flexibility index (Phi) is 9.33. The first-order chi connectivity index (χ1) is 10.3. The van der Waals surface area contributed by atoms with Gasteiger partial charge in [0.15, 0.2) is 0 Å². The summed E-state index contributed by atoms with van der Waals surface area (Å²) < 4.78 is 0. The summed E-state index contributed by atoms with van der Waals surface area (Å²) in [5.41, 5.74) is 5.83. The number of hydrogen-bond donors (Lipinski definition) is 3. The van der Waals surface area contributed by atoms with Gasteiger partial charge < -0.3 is 16.4 Å². The van der Waals surface area contributed by atoms with Gasteiger partial charge in [0.2, 0.25) is 5.95 Å². The third-order valence-corrected chi connectivity index (χ3v) is 3.40. The third kappa shape index (κ3) is 8.38. The summed E-state index contributed by atoms with van der Waals surface area (Å²) in [4.78, 5) is 8.68. The molecule has 0 aromatic carbocycles. The van der Waals surface area contributed by atoms with E-state index in [0.717, 1.165) is 31.7 Å². The molecule has 1 aromatic rings. The molecule has 0 spiro atoms. The van der Waals surface area contributed by atoms with Crippen LogP contribution in [0.2, 0.25) is 0 Å². The van der Waals surface area contributed by atoms with Crippen molar-refractivity contribution in [2.24, 2.45) is 0 Å². The van der Waals surface area contributed by atoms with Crippen molar-refractivity contribution >= 4 is 17.6 Å². The van der Waals surface area contributed by atoms with Crippen LogP contribution in [0.15, 0.2) is 6.07 Å². The van der Waals surface area contributed by atoms with E-state index in [1.165, 1.54) is 38.5 Å². The fourth-order valence-corrected chi connectivity index (χ4v) is 2.16. The lowest BCUT2D eigenvalue weighted by Crippen LogP contribution is -2.10. The first-order valence-corrected chi connectivity index (χ1v) is 8.38. The lowest BCUT2D eigenvalue weighted by Gasteiger charge is -2.09. The molecule has 0 bridgehead atoms. The molecule has 1 aromatic heterocycles. The Morgan fingerprint density at radius 1 is 0.857 bits per heavy atom. The van der Waals surface area contributed by atoms with Gasteiger partial charge in [-0.2, -0.15) is 9.97 Å². The molecule has 5 nitrogen and oxygen atoms in total. The van der Waals surface area contributed by atoms with E-state index in [0.29, 0.717) is 11.8 Å². The van der Waals surface area contributed by atoms with Crippen LogP contribution in [0, 0.1) is 0 Å². The van der Waals surface area contributed by atoms with Crippen LogP contribution in [-0.4, -0.2) is 23.1 Å². The summed E-state index contributed by atoms with van der Waals surface area (Å²) in [5.74, 6) is 1.95. The second-order valence-electron chi connectivity index (χ2n) is 5.48. The number of anilines is 3. The van der Waals surface area contributed by atoms with Crippen molar-refractivity contribution in [2.75, 3.05) is 29.5 Å². The zero-order chi connectivity index (χ0) is 15.3. The van der Waals surface area contributed by atoms with E-state index in [1.54, 1.807) is 6.07 Å². The summed E-state index contributed by atoms with van der Waals surface area (Å²) in [5, 5.41) is 6.58. The van der Waals surface area contributed by atoms with Crippen LogP contribution in [0.1, 0.15) is 65.2 Å². The van der Waals surface area contributed by atoms with Crippen molar-refractivity contribution in [2.45, 2.75) is 65.2 Å². The fraction of sp³-hybridized carbons (Fsp3) is 0.750. The van der Waals surface area contributed by atoms with Gasteiger partial charge in [-0.3, -0.25) is 0 Å². The number of nitrogen functional groups attached to an aromatic ring is 1. The predicted octanol–water partition coefficient (Wildman–Crippen LogP) is 4.04. The van der Waals surface area contributed by atoms with Crippen LogP contribution in [0.5, 0.6) is 0 Å². The number of nitrogens with one attached hydrogen (secondary N) is 2. The maximum atomic E-state index is 5.83. The number of unbranched alkanes of at least 4 members (excludes halogenated alkanes) is 6. The third-order valence-electron chi connectivity index (χ3n) is 3.40. The molecule has 5 heteroatoms. The van der Waals surface area contributed by atoms with Gasteiger partial charge in [-0.15, -0.1) is 0 Å². The summed E-state index contributed by atoms with van der Waals surface area (Å²) in [6.07, 6.45) is 9.89. The highest BCUT2D eigenvalue weighted by Gasteiger charge is 2.02. The topological polar surface area (TPSA) is 75.9 Å². The van der Waals surface area contributed by atoms with Crippen LogP contribution in [0.25, 0.3) is 0 Å². The highest BCUT2D eigenvalue weighted by atomic mass is 15.2. The SMILES string of the molecule is CCCCCCNc1cc(N)nc(NCCCCCC)n1. The Morgan fingerprint density at radius 2 is 1.48 bits per heavy atom. The van der Waals surface area contributed by atoms with Crippen molar-refractivity contribution in [3.8, 4) is 0 Å². The quantitative estimate of drug-likeness (QED) is 0.507. The highest BCUT2D eigenvalue weighted by molar-refractivity contribution is 5.49. The van der Waals surface area contributed by atoms with E-state index in [4.69, 9.17) is 5.73 Å². The lowest BCUT2D eigenvalue weighted by atomic mass is 10.2. The minimum absolute atomic E-state index is 0.511. The van der Waals surface area contributed by atoms with Crippen LogP contribution < -0.4 is 16.4 Å². The van der Waals surface area contributed by atoms with E-state index in [-0.39, 0.29) is 0 Å². The van der Waals surface area contributed by atoms with Crippen LogP contribution in [0.3, 0.4) is 0 Å². The van der Waals surface area contributed by atoms with E-state index < -0.39 is 0 Å². The maximum absolute atomic E-state index is 5.83. The van der Waals surface area contributed by atoms with Gasteiger partial charge in [-0.25, -0.2) is 0 Å². The monoisotopic (exact) mass is 293 g/mol. The molecular formula is C16H31N5. The Bertz CT molecular complexity index is 349. The molecule has 0 unspecified atom stereocenters. The van der Waals surface area contributed by atoms with Crippen LogP contribution >= 0.6 is 0 Å². The molecule has 4 N–H and O–H groups in total. The normalized spacial score (nSPS) is 10.6. The Balaban J connectivity index is 2.32. The molecule has 0 amide bonds. The summed E-state index contributed by atoms with van der Waals surface area (Å²) in [7, 11) is 0. The van der Waals surface area contributed by atoms with E-state index in [9.17, 15) is 0 Å². The largest absolute Gasteiger partial charge is 0.383 e. The summed E-state index contributed by atoms with van der Waals surface area (Å²) in [6.45, 7) is 6.27. The Morgan fingerprint density at radius 3 is 2.10 bits per heavy atom. The molecule has 1 rings (SSSR count). The predicted molar refractivity (Wildman–Crippen MR) is 91.7 cm³/mol. The second-order valence-corrected chi connectivity index (χ2v) is 5.48. The van der Waals surface area contributed by atoms with Gasteiger partial charge >= 0.3 is 0 Å². The van der Waals surface area contributed by atoms with Crippen molar-refractivity contribution < 1.29 is 0 Å². The van der Waals surface area contributed by atoms with Gasteiger partial charge in [-0.1, -0.05) is 52.4 Å². The molecule has 120 valence electrons. The molecule has 0 saturated heterocycles. The molecule has 0 saturated carbocycles. The van der Waals surface area contributed by atoms with Gasteiger partial charge in [0.25, 0.3) is 0 Å². The molecule has 0 aliphatic carbocycles. The molecule has 1 heterocycles. The molecule has 0 aliphatic heterocycles. The van der Waals surface area contributed by atoms with Crippen molar-refractivity contribution in [3.05, 3.63) is 6.07 Å². The van der Waals surface area contributed by atoms with Gasteiger partial charge in [0.1, 0.15) is 11.6 Å². The standard InChI is InChI=1S/C16H31N5/c1-3-5-7-9-11-18-15-13-14(17)20-16(21-15)19-12-10-8-6-4-2/h13H,3-12H2,1-2H3,(H4,17,18,19,20,21). The minimum atomic E-state index is 0.511. The summed E-state index contributed by atoms with van der Waals surface area (Å²) in [6, 6.07) is 1.79. The summed E-state index contributed by atoms with van der Waals surface area (Å²) >= 11 is 0. The van der Waals surface area contributed by atoms with Gasteiger partial charge in [0, 0.05) is 19.2 Å². The highest BCUT2D eigenvalue weighted by Crippen LogP contribution is 2.12. The van der Waals surface area contributed by atoms with E-state index in [1.807, 2.05) is 0 Å². The lowest BCUT2D eigenvalue weighted by molar-refractivity contribution is 0.682.